The van der Waals surface area contributed by atoms with E-state index in [9.17, 15) is 14.0 Å². The molecule has 2 N–H and O–H groups in total. The molecule has 0 aliphatic rings. The van der Waals surface area contributed by atoms with Crippen LogP contribution < -0.4 is 5.32 Å². The van der Waals surface area contributed by atoms with Crippen molar-refractivity contribution in [1.29, 1.82) is 0 Å². The Morgan fingerprint density at radius 3 is 2.70 bits per heavy atom. The normalized spacial score (nSPS) is 10.7. The van der Waals surface area contributed by atoms with E-state index < -0.39 is 17.5 Å². The van der Waals surface area contributed by atoms with E-state index in [0.717, 1.165) is 5.56 Å². The van der Waals surface area contributed by atoms with Crippen LogP contribution in [0.25, 0.3) is 10.9 Å². The number of amides is 1. The van der Waals surface area contributed by atoms with Gasteiger partial charge in [0.2, 0.25) is 0 Å². The van der Waals surface area contributed by atoms with Crippen LogP contribution in [0.15, 0.2) is 47.1 Å². The van der Waals surface area contributed by atoms with Crippen LogP contribution in [0, 0.1) is 12.7 Å². The van der Waals surface area contributed by atoms with Crippen molar-refractivity contribution in [1.82, 2.24) is 4.98 Å². The van der Waals surface area contributed by atoms with Gasteiger partial charge in [0.1, 0.15) is 5.82 Å². The fraction of sp³-hybridized carbons (Fsp3) is 0.0588. The van der Waals surface area contributed by atoms with Crippen LogP contribution in [-0.4, -0.2) is 16.7 Å². The summed E-state index contributed by atoms with van der Waals surface area (Å²) in [6, 6.07) is 9.40. The number of hydrogen-bond donors (Lipinski definition) is 2. The molecule has 0 atom stereocenters. The summed E-state index contributed by atoms with van der Waals surface area (Å²) in [6.45, 7) is 1.92. The average Bonchev–Trinajstić information content (AvgIpc) is 2.92. The summed E-state index contributed by atoms with van der Waals surface area (Å²) in [5.41, 5.74) is 2.22. The molecule has 1 aromatic heterocycles. The molecule has 1 amide bonds. The number of halogens is 2. The Balaban J connectivity index is 1.88. The minimum atomic E-state index is -0.750. The Hall–Kier alpha value is -2.47. The molecule has 0 bridgehead atoms. The first-order valence-corrected chi connectivity index (χ1v) is 7.63. The van der Waals surface area contributed by atoms with Crippen molar-refractivity contribution < 1.29 is 14.0 Å². The van der Waals surface area contributed by atoms with Gasteiger partial charge in [-0.25, -0.2) is 4.39 Å². The molecule has 116 valence electrons. The van der Waals surface area contributed by atoms with Gasteiger partial charge in [-0.15, -0.1) is 0 Å². The Morgan fingerprint density at radius 2 is 1.96 bits per heavy atom. The monoisotopic (exact) mass is 374 g/mol. The van der Waals surface area contributed by atoms with Gasteiger partial charge in [-0.1, -0.05) is 6.07 Å². The third-order valence-corrected chi connectivity index (χ3v) is 4.12. The van der Waals surface area contributed by atoms with Gasteiger partial charge in [-0.2, -0.15) is 0 Å². The van der Waals surface area contributed by atoms with E-state index >= 15 is 0 Å². The number of fused-ring (bicyclic) bond motifs is 1. The van der Waals surface area contributed by atoms with E-state index in [2.05, 4.69) is 26.2 Å². The molecule has 2 aromatic carbocycles. The van der Waals surface area contributed by atoms with Crippen molar-refractivity contribution in [3.05, 3.63) is 64.0 Å². The lowest BCUT2D eigenvalue weighted by molar-refractivity contribution is -0.112. The van der Waals surface area contributed by atoms with Crippen LogP contribution in [0.4, 0.5) is 10.1 Å². The second-order valence-electron chi connectivity index (χ2n) is 5.16. The van der Waals surface area contributed by atoms with E-state index in [1.54, 1.807) is 6.07 Å². The van der Waals surface area contributed by atoms with E-state index in [1.807, 2.05) is 19.1 Å². The minimum absolute atomic E-state index is 0.209. The number of anilines is 1. The summed E-state index contributed by atoms with van der Waals surface area (Å²) in [4.78, 5) is 27.3. The van der Waals surface area contributed by atoms with Crippen molar-refractivity contribution in [3.63, 3.8) is 0 Å². The summed E-state index contributed by atoms with van der Waals surface area (Å²) in [5, 5.41) is 3.09. The quantitative estimate of drug-likeness (QED) is 0.533. The van der Waals surface area contributed by atoms with Crippen molar-refractivity contribution >= 4 is 44.2 Å². The first-order chi connectivity index (χ1) is 11.0. The van der Waals surface area contributed by atoms with Crippen molar-refractivity contribution in [2.45, 2.75) is 6.92 Å². The van der Waals surface area contributed by atoms with Crippen LogP contribution in [0.2, 0.25) is 0 Å². The number of hydrogen-bond acceptors (Lipinski definition) is 2. The highest BCUT2D eigenvalue weighted by Gasteiger charge is 2.20. The number of rotatable bonds is 3. The second kappa shape index (κ2) is 5.96. The second-order valence-corrected chi connectivity index (χ2v) is 6.01. The maximum Gasteiger partial charge on any atom is 0.296 e. The zero-order valence-electron chi connectivity index (χ0n) is 12.1. The fourth-order valence-corrected chi connectivity index (χ4v) is 2.90. The topological polar surface area (TPSA) is 62.0 Å². The molecule has 0 spiro atoms. The van der Waals surface area contributed by atoms with Gasteiger partial charge in [0.05, 0.1) is 11.3 Å². The Kier molecular flexibility index (Phi) is 4.00. The van der Waals surface area contributed by atoms with Gasteiger partial charge in [-0.3, -0.25) is 9.59 Å². The SMILES string of the molecule is Cc1ccc(NC(=O)C(=O)c2c[nH]c3cc(F)ccc23)c(Br)c1. The van der Waals surface area contributed by atoms with Crippen LogP contribution in [0.1, 0.15) is 15.9 Å². The lowest BCUT2D eigenvalue weighted by atomic mass is 10.1. The van der Waals surface area contributed by atoms with Crippen LogP contribution in [-0.2, 0) is 4.79 Å². The number of aromatic amines is 1. The maximum atomic E-state index is 13.2. The van der Waals surface area contributed by atoms with Crippen molar-refractivity contribution in [2.24, 2.45) is 0 Å². The van der Waals surface area contributed by atoms with Gasteiger partial charge >= 0.3 is 0 Å². The van der Waals surface area contributed by atoms with Gasteiger partial charge in [0, 0.05) is 21.6 Å². The lowest BCUT2D eigenvalue weighted by Crippen LogP contribution is -2.22. The molecule has 4 nitrogen and oxygen atoms in total. The summed E-state index contributed by atoms with van der Waals surface area (Å²) >= 11 is 3.35. The number of Topliss-reactive ketones (excluding diaryl/α,β-unsaturated/α-hetero) is 1. The molecule has 0 unspecified atom stereocenters. The van der Waals surface area contributed by atoms with Gasteiger partial charge < -0.3 is 10.3 Å². The zero-order valence-corrected chi connectivity index (χ0v) is 13.7. The van der Waals surface area contributed by atoms with Crippen molar-refractivity contribution in [2.75, 3.05) is 5.32 Å². The summed E-state index contributed by atoms with van der Waals surface area (Å²) < 4.78 is 13.9. The number of nitrogens with one attached hydrogen (secondary N) is 2. The number of carbonyl (C=O) groups is 2. The molecule has 0 aliphatic heterocycles. The zero-order chi connectivity index (χ0) is 16.6. The highest BCUT2D eigenvalue weighted by atomic mass is 79.9. The number of ketones is 1. The van der Waals surface area contributed by atoms with Gasteiger partial charge in [-0.05, 0) is 58.7 Å². The third-order valence-electron chi connectivity index (χ3n) is 3.47. The molecule has 0 aliphatic carbocycles. The van der Waals surface area contributed by atoms with Crippen molar-refractivity contribution in [3.8, 4) is 0 Å². The average molecular weight is 375 g/mol. The number of H-pyrrole nitrogens is 1. The Bertz CT molecular complexity index is 933. The molecule has 0 fully saturated rings. The van der Waals surface area contributed by atoms with E-state index in [0.29, 0.717) is 21.1 Å². The smallest absolute Gasteiger partial charge is 0.296 e. The Labute approximate surface area is 139 Å². The number of carbonyl (C=O) groups excluding carboxylic acids is 2. The molecular formula is C17H12BrFN2O2. The van der Waals surface area contributed by atoms with E-state index in [4.69, 9.17) is 0 Å². The molecule has 0 saturated heterocycles. The van der Waals surface area contributed by atoms with Crippen LogP contribution in [0.5, 0.6) is 0 Å². The summed E-state index contributed by atoms with van der Waals surface area (Å²) in [7, 11) is 0. The molecule has 0 radical (unpaired) electrons. The molecule has 1 heterocycles. The predicted molar refractivity (Wildman–Crippen MR) is 90.1 cm³/mol. The molecule has 0 saturated carbocycles. The van der Waals surface area contributed by atoms with Gasteiger partial charge in [0.15, 0.2) is 0 Å². The first kappa shape index (κ1) is 15.4. The van der Waals surface area contributed by atoms with Crippen LogP contribution in [0.3, 0.4) is 0 Å². The van der Waals surface area contributed by atoms with E-state index in [1.165, 1.54) is 24.4 Å². The first-order valence-electron chi connectivity index (χ1n) is 6.84. The summed E-state index contributed by atoms with van der Waals surface area (Å²) in [6.07, 6.45) is 1.41. The maximum absolute atomic E-state index is 13.2. The Morgan fingerprint density at radius 1 is 1.17 bits per heavy atom. The highest BCUT2D eigenvalue weighted by Crippen LogP contribution is 2.24. The largest absolute Gasteiger partial charge is 0.360 e. The predicted octanol–water partition coefficient (Wildman–Crippen LogP) is 4.20. The van der Waals surface area contributed by atoms with E-state index in [-0.39, 0.29) is 5.56 Å². The molecular weight excluding hydrogens is 363 g/mol. The number of aryl methyl sites for hydroxylation is 1. The molecule has 23 heavy (non-hydrogen) atoms. The standard InChI is InChI=1S/C17H12BrFN2O2/c1-9-2-5-14(13(18)6-9)21-17(23)16(22)12-8-20-15-7-10(19)3-4-11(12)15/h2-8,20H,1H3,(H,21,23). The number of benzene rings is 2. The minimum Gasteiger partial charge on any atom is -0.360 e. The fourth-order valence-electron chi connectivity index (χ4n) is 2.31. The highest BCUT2D eigenvalue weighted by molar-refractivity contribution is 9.10. The number of aromatic nitrogens is 1. The molecule has 6 heteroatoms. The molecule has 3 rings (SSSR count). The van der Waals surface area contributed by atoms with Gasteiger partial charge in [0.25, 0.3) is 11.7 Å². The summed E-state index contributed by atoms with van der Waals surface area (Å²) in [5.74, 6) is -1.85. The molecule has 3 aromatic rings. The van der Waals surface area contributed by atoms with Crippen LogP contribution >= 0.6 is 15.9 Å². The third kappa shape index (κ3) is 3.03. The lowest BCUT2D eigenvalue weighted by Gasteiger charge is -2.07.